The van der Waals surface area contributed by atoms with E-state index < -0.39 is 15.8 Å². The largest absolute Gasteiger partial charge is 0.341 e. The highest BCUT2D eigenvalue weighted by Crippen LogP contribution is 2.23. The number of carbonyl (C=O) groups excluding carboxylic acids is 1. The van der Waals surface area contributed by atoms with Crippen molar-refractivity contribution in [3.63, 3.8) is 0 Å². The number of hydrogen-bond acceptors (Lipinski definition) is 4. The summed E-state index contributed by atoms with van der Waals surface area (Å²) >= 11 is 0. The fourth-order valence-corrected chi connectivity index (χ4v) is 5.77. The number of likely N-dealkylation sites (tertiary alicyclic amines) is 1. The summed E-state index contributed by atoms with van der Waals surface area (Å²) in [6, 6.07) is 4.65. The van der Waals surface area contributed by atoms with Crippen LogP contribution < -0.4 is 0 Å². The van der Waals surface area contributed by atoms with Gasteiger partial charge in [-0.1, -0.05) is 13.8 Å². The Morgan fingerprint density at radius 2 is 1.57 bits per heavy atom. The number of piperidine rings is 1. The van der Waals surface area contributed by atoms with Gasteiger partial charge in [-0.2, -0.15) is 4.31 Å². The quantitative estimate of drug-likeness (QED) is 0.761. The molecule has 156 valence electrons. The maximum Gasteiger partial charge on any atom is 0.243 e. The first-order chi connectivity index (χ1) is 13.2. The van der Waals surface area contributed by atoms with Gasteiger partial charge in [0.15, 0.2) is 0 Å². The van der Waals surface area contributed by atoms with Gasteiger partial charge < -0.3 is 4.90 Å². The van der Waals surface area contributed by atoms with Gasteiger partial charge in [-0.25, -0.2) is 12.8 Å². The number of sulfonamides is 1. The Morgan fingerprint density at radius 1 is 1.04 bits per heavy atom. The molecule has 0 aliphatic carbocycles. The molecule has 2 saturated heterocycles. The molecule has 2 aliphatic rings. The van der Waals surface area contributed by atoms with Gasteiger partial charge in [0, 0.05) is 39.3 Å². The molecule has 3 atom stereocenters. The van der Waals surface area contributed by atoms with Crippen molar-refractivity contribution in [2.75, 3.05) is 39.3 Å². The minimum atomic E-state index is -3.64. The summed E-state index contributed by atoms with van der Waals surface area (Å²) in [7, 11) is -3.64. The lowest BCUT2D eigenvalue weighted by molar-refractivity contribution is -0.139. The van der Waals surface area contributed by atoms with Gasteiger partial charge in [0.05, 0.1) is 10.9 Å². The van der Waals surface area contributed by atoms with Crippen LogP contribution in [0.5, 0.6) is 0 Å². The second-order valence-electron chi connectivity index (χ2n) is 8.26. The third-order valence-corrected chi connectivity index (χ3v) is 7.72. The van der Waals surface area contributed by atoms with E-state index >= 15 is 0 Å². The number of nitrogens with zero attached hydrogens (tertiary/aromatic N) is 3. The second-order valence-corrected chi connectivity index (χ2v) is 10.2. The molecule has 2 heterocycles. The molecule has 0 N–H and O–H groups in total. The predicted octanol–water partition coefficient (Wildman–Crippen LogP) is 2.02. The molecule has 2 fully saturated rings. The van der Waals surface area contributed by atoms with Crippen molar-refractivity contribution in [3.8, 4) is 0 Å². The predicted molar refractivity (Wildman–Crippen MR) is 106 cm³/mol. The van der Waals surface area contributed by atoms with Crippen LogP contribution in [0.4, 0.5) is 4.39 Å². The molecule has 2 aliphatic heterocycles. The molecule has 0 unspecified atom stereocenters. The lowest BCUT2D eigenvalue weighted by Crippen LogP contribution is -2.56. The van der Waals surface area contributed by atoms with Crippen molar-refractivity contribution in [2.45, 2.75) is 38.1 Å². The van der Waals surface area contributed by atoms with E-state index in [1.54, 1.807) is 0 Å². The Bertz CT molecular complexity index is 781. The number of benzene rings is 1. The van der Waals surface area contributed by atoms with Gasteiger partial charge in [0.25, 0.3) is 0 Å². The van der Waals surface area contributed by atoms with Crippen LogP contribution >= 0.6 is 0 Å². The highest BCUT2D eigenvalue weighted by atomic mass is 32.2. The molecule has 8 heteroatoms. The van der Waals surface area contributed by atoms with E-state index in [-0.39, 0.29) is 16.8 Å². The van der Waals surface area contributed by atoms with Gasteiger partial charge in [0.2, 0.25) is 15.9 Å². The molecular weight excluding hydrogens is 381 g/mol. The van der Waals surface area contributed by atoms with Crippen molar-refractivity contribution in [1.29, 1.82) is 0 Å². The average molecular weight is 412 g/mol. The molecular formula is C20H30FN3O3S. The maximum atomic E-state index is 13.1. The molecule has 1 aromatic rings. The van der Waals surface area contributed by atoms with Crippen molar-refractivity contribution < 1.29 is 17.6 Å². The molecule has 0 saturated carbocycles. The van der Waals surface area contributed by atoms with E-state index in [0.717, 1.165) is 31.6 Å². The van der Waals surface area contributed by atoms with Gasteiger partial charge >= 0.3 is 0 Å². The summed E-state index contributed by atoms with van der Waals surface area (Å²) in [6.45, 7) is 9.53. The summed E-state index contributed by atoms with van der Waals surface area (Å²) in [5, 5.41) is 0. The molecule has 0 radical (unpaired) electrons. The Morgan fingerprint density at radius 3 is 2.11 bits per heavy atom. The molecule has 1 amide bonds. The zero-order chi connectivity index (χ0) is 20.5. The Balaban J connectivity index is 1.60. The van der Waals surface area contributed by atoms with Crippen LogP contribution in [0, 0.1) is 17.7 Å². The van der Waals surface area contributed by atoms with Crippen LogP contribution in [0.15, 0.2) is 29.2 Å². The first kappa shape index (κ1) is 21.2. The summed E-state index contributed by atoms with van der Waals surface area (Å²) in [4.78, 5) is 17.1. The topological polar surface area (TPSA) is 60.9 Å². The van der Waals surface area contributed by atoms with Crippen LogP contribution in [0.3, 0.4) is 0 Å². The van der Waals surface area contributed by atoms with Gasteiger partial charge in [-0.15, -0.1) is 0 Å². The molecule has 0 bridgehead atoms. The Kier molecular flexibility index (Phi) is 6.41. The summed E-state index contributed by atoms with van der Waals surface area (Å²) in [5.41, 5.74) is 0. The van der Waals surface area contributed by atoms with Gasteiger partial charge in [-0.05, 0) is 49.4 Å². The zero-order valence-electron chi connectivity index (χ0n) is 16.8. The fraction of sp³-hybridized carbons (Fsp3) is 0.650. The standard InChI is InChI=1S/C20H30FN3O3S/c1-15-12-16(2)14-23(13-15)20(25)17(3)22-8-10-24(11-9-22)28(26,27)19-6-4-18(21)5-7-19/h4-7,15-17H,8-14H2,1-3H3/t15-,16-,17-/m1/s1. The minimum Gasteiger partial charge on any atom is -0.341 e. The number of amides is 1. The van der Waals surface area contributed by atoms with Gasteiger partial charge in [0.1, 0.15) is 5.82 Å². The summed E-state index contributed by atoms with van der Waals surface area (Å²) in [5.74, 6) is 0.695. The molecule has 28 heavy (non-hydrogen) atoms. The maximum absolute atomic E-state index is 13.1. The van der Waals surface area contributed by atoms with Gasteiger partial charge in [-0.3, -0.25) is 9.69 Å². The summed E-state index contributed by atoms with van der Waals surface area (Å²) in [6.07, 6.45) is 1.15. The Hall–Kier alpha value is -1.51. The molecule has 0 spiro atoms. The molecule has 0 aromatic heterocycles. The van der Waals surface area contributed by atoms with Crippen LogP contribution in [0.25, 0.3) is 0 Å². The Labute approximate surface area is 167 Å². The van der Waals surface area contributed by atoms with E-state index in [2.05, 4.69) is 18.7 Å². The van der Waals surface area contributed by atoms with Crippen LogP contribution in [-0.4, -0.2) is 73.7 Å². The lowest BCUT2D eigenvalue weighted by Gasteiger charge is -2.41. The first-order valence-corrected chi connectivity index (χ1v) is 11.4. The zero-order valence-corrected chi connectivity index (χ0v) is 17.7. The monoisotopic (exact) mass is 411 g/mol. The van der Waals surface area contributed by atoms with Crippen LogP contribution in [0.2, 0.25) is 0 Å². The third kappa shape index (κ3) is 4.55. The molecule has 3 rings (SSSR count). The number of rotatable bonds is 4. The van der Waals surface area contributed by atoms with Crippen molar-refractivity contribution in [3.05, 3.63) is 30.1 Å². The van der Waals surface area contributed by atoms with E-state index in [1.807, 2.05) is 11.8 Å². The van der Waals surface area contributed by atoms with Crippen LogP contribution in [-0.2, 0) is 14.8 Å². The SMILES string of the molecule is C[C@@H]1C[C@@H](C)CN(C(=O)[C@@H](C)N2CCN(S(=O)(=O)c3ccc(F)cc3)CC2)C1. The minimum absolute atomic E-state index is 0.0998. The lowest BCUT2D eigenvalue weighted by atomic mass is 9.91. The highest BCUT2D eigenvalue weighted by Gasteiger charge is 2.34. The summed E-state index contributed by atoms with van der Waals surface area (Å²) < 4.78 is 40.0. The average Bonchev–Trinajstić information content (AvgIpc) is 2.66. The van der Waals surface area contributed by atoms with E-state index in [0.29, 0.717) is 38.0 Å². The van der Waals surface area contributed by atoms with Crippen molar-refractivity contribution in [2.24, 2.45) is 11.8 Å². The van der Waals surface area contributed by atoms with Crippen LogP contribution in [0.1, 0.15) is 27.2 Å². The fourth-order valence-electron chi connectivity index (χ4n) is 4.35. The number of piperazine rings is 1. The van der Waals surface area contributed by atoms with E-state index in [1.165, 1.54) is 16.4 Å². The third-order valence-electron chi connectivity index (χ3n) is 5.81. The van der Waals surface area contributed by atoms with E-state index in [4.69, 9.17) is 0 Å². The highest BCUT2D eigenvalue weighted by molar-refractivity contribution is 7.89. The first-order valence-electron chi connectivity index (χ1n) is 9.97. The molecule has 6 nitrogen and oxygen atoms in total. The van der Waals surface area contributed by atoms with E-state index in [9.17, 15) is 17.6 Å². The number of halogens is 1. The molecule has 1 aromatic carbocycles. The smallest absolute Gasteiger partial charge is 0.243 e. The van der Waals surface area contributed by atoms with Crippen molar-refractivity contribution in [1.82, 2.24) is 14.1 Å². The number of carbonyl (C=O) groups is 1. The van der Waals surface area contributed by atoms with Crippen molar-refractivity contribution >= 4 is 15.9 Å². The number of hydrogen-bond donors (Lipinski definition) is 0. The second kappa shape index (κ2) is 8.47. The normalized spacial score (nSPS) is 26.2.